The van der Waals surface area contributed by atoms with Crippen LogP contribution in [0.25, 0.3) is 22.4 Å². The smallest absolute Gasteiger partial charge is 0.220 e. The lowest BCUT2D eigenvalue weighted by Crippen LogP contribution is -2.48. The number of fused-ring (bicyclic) bond motifs is 1. The number of aromatic amines is 1. The molecule has 0 bridgehead atoms. The summed E-state index contributed by atoms with van der Waals surface area (Å²) < 4.78 is 14.5. The minimum Gasteiger partial charge on any atom is -0.363 e. The predicted molar refractivity (Wildman–Crippen MR) is 110 cm³/mol. The van der Waals surface area contributed by atoms with Crippen LogP contribution in [0.2, 0.25) is 0 Å². The molecule has 1 aliphatic rings. The van der Waals surface area contributed by atoms with Crippen LogP contribution in [0.15, 0.2) is 30.7 Å². The van der Waals surface area contributed by atoms with Crippen molar-refractivity contribution in [2.24, 2.45) is 0 Å². The molecule has 3 heterocycles. The molecule has 152 valence electrons. The summed E-state index contributed by atoms with van der Waals surface area (Å²) in [4.78, 5) is 28.0. The van der Waals surface area contributed by atoms with Gasteiger partial charge in [-0.3, -0.25) is 4.79 Å². The average Bonchev–Trinajstić information content (AvgIpc) is 3.15. The molecule has 4 rings (SSSR count). The molecule has 3 N–H and O–H groups in total. The molecule has 8 heteroatoms. The number of halogens is 1. The summed E-state index contributed by atoms with van der Waals surface area (Å²) in [7, 11) is 0. The molecule has 0 spiro atoms. The van der Waals surface area contributed by atoms with Gasteiger partial charge in [-0.25, -0.2) is 19.3 Å². The fourth-order valence-electron chi connectivity index (χ4n) is 3.90. The van der Waals surface area contributed by atoms with Crippen molar-refractivity contribution in [2.75, 3.05) is 5.32 Å². The molecule has 1 aliphatic carbocycles. The number of rotatable bonds is 6. The van der Waals surface area contributed by atoms with Gasteiger partial charge < -0.3 is 15.6 Å². The van der Waals surface area contributed by atoms with Crippen molar-refractivity contribution in [1.29, 1.82) is 0 Å². The fourth-order valence-corrected chi connectivity index (χ4v) is 3.90. The van der Waals surface area contributed by atoms with Gasteiger partial charge in [0.2, 0.25) is 5.91 Å². The number of nitrogens with one attached hydrogen (secondary N) is 3. The Balaban J connectivity index is 1.58. The molecule has 1 saturated carbocycles. The second-order valence-corrected chi connectivity index (χ2v) is 7.45. The summed E-state index contributed by atoms with van der Waals surface area (Å²) in [5.41, 5.74) is 1.50. The van der Waals surface area contributed by atoms with E-state index in [-0.39, 0.29) is 23.8 Å². The minimum absolute atomic E-state index is 0.0297. The first-order chi connectivity index (χ1) is 14.2. The van der Waals surface area contributed by atoms with Gasteiger partial charge in [0.1, 0.15) is 5.65 Å². The fraction of sp³-hybridized carbons (Fsp3) is 0.429. The summed E-state index contributed by atoms with van der Waals surface area (Å²) in [6.07, 6.45) is 9.80. The number of H-pyrrole nitrogens is 1. The Morgan fingerprint density at radius 2 is 2.10 bits per heavy atom. The lowest BCUT2D eigenvalue weighted by atomic mass is 9.90. The van der Waals surface area contributed by atoms with E-state index < -0.39 is 5.82 Å². The Morgan fingerprint density at radius 1 is 1.28 bits per heavy atom. The third-order valence-electron chi connectivity index (χ3n) is 5.35. The summed E-state index contributed by atoms with van der Waals surface area (Å²) in [6, 6.07) is 3.67. The first-order valence-electron chi connectivity index (χ1n) is 10.2. The van der Waals surface area contributed by atoms with E-state index in [9.17, 15) is 9.18 Å². The first kappa shape index (κ1) is 19.3. The van der Waals surface area contributed by atoms with Crippen molar-refractivity contribution >= 4 is 22.8 Å². The van der Waals surface area contributed by atoms with E-state index in [4.69, 9.17) is 0 Å². The lowest BCUT2D eigenvalue weighted by Gasteiger charge is -2.33. The number of amides is 1. The quantitative estimate of drug-likeness (QED) is 0.589. The number of nitrogens with zero attached hydrogens (tertiary/aromatic N) is 3. The molecule has 0 aliphatic heterocycles. The van der Waals surface area contributed by atoms with Crippen LogP contribution >= 0.6 is 0 Å². The molecule has 1 amide bonds. The Kier molecular flexibility index (Phi) is 5.69. The average molecular weight is 396 g/mol. The van der Waals surface area contributed by atoms with Gasteiger partial charge in [0, 0.05) is 41.8 Å². The molecule has 29 heavy (non-hydrogen) atoms. The minimum atomic E-state index is -0.504. The van der Waals surface area contributed by atoms with Gasteiger partial charge in [-0.05, 0) is 31.4 Å². The molecule has 0 saturated heterocycles. The Bertz CT molecular complexity index is 1000. The topological polar surface area (TPSA) is 95.6 Å². The highest BCUT2D eigenvalue weighted by Gasteiger charge is 2.27. The molecule has 7 nitrogen and oxygen atoms in total. The van der Waals surface area contributed by atoms with Crippen molar-refractivity contribution in [1.82, 2.24) is 25.3 Å². The Hall–Kier alpha value is -3.03. The van der Waals surface area contributed by atoms with E-state index >= 15 is 0 Å². The number of anilines is 1. The van der Waals surface area contributed by atoms with Crippen molar-refractivity contribution in [3.8, 4) is 11.4 Å². The SMILES string of the molecule is CCCC(=O)N[C@H]1CCCC[C@H]1Nc1nc(-c2c[nH]c3ncccc23)ncc1F. The number of pyridine rings is 1. The number of aromatic nitrogens is 4. The molecule has 0 aromatic carbocycles. The van der Waals surface area contributed by atoms with E-state index in [0.29, 0.717) is 12.2 Å². The van der Waals surface area contributed by atoms with Gasteiger partial charge in [0.15, 0.2) is 17.5 Å². The van der Waals surface area contributed by atoms with E-state index in [0.717, 1.165) is 48.7 Å². The molecule has 0 radical (unpaired) electrons. The summed E-state index contributed by atoms with van der Waals surface area (Å²) in [5, 5.41) is 7.21. The zero-order valence-corrected chi connectivity index (χ0v) is 16.4. The summed E-state index contributed by atoms with van der Waals surface area (Å²) in [5.74, 6) is 0.127. The Morgan fingerprint density at radius 3 is 2.93 bits per heavy atom. The maximum atomic E-state index is 14.5. The predicted octanol–water partition coefficient (Wildman–Crippen LogP) is 3.80. The summed E-state index contributed by atoms with van der Waals surface area (Å²) in [6.45, 7) is 1.98. The summed E-state index contributed by atoms with van der Waals surface area (Å²) >= 11 is 0. The van der Waals surface area contributed by atoms with Crippen LogP contribution in [-0.2, 0) is 4.79 Å². The van der Waals surface area contributed by atoms with Crippen molar-refractivity contribution in [2.45, 2.75) is 57.5 Å². The van der Waals surface area contributed by atoms with Crippen LogP contribution < -0.4 is 10.6 Å². The number of carbonyl (C=O) groups excluding carboxylic acids is 1. The highest BCUT2D eigenvalue weighted by molar-refractivity contribution is 5.91. The van der Waals surface area contributed by atoms with Gasteiger partial charge >= 0.3 is 0 Å². The van der Waals surface area contributed by atoms with Crippen LogP contribution in [0.3, 0.4) is 0 Å². The maximum absolute atomic E-state index is 14.5. The van der Waals surface area contributed by atoms with Crippen molar-refractivity contribution in [3.63, 3.8) is 0 Å². The van der Waals surface area contributed by atoms with E-state index in [1.807, 2.05) is 19.1 Å². The highest BCUT2D eigenvalue weighted by atomic mass is 19.1. The van der Waals surface area contributed by atoms with Crippen LogP contribution in [0.1, 0.15) is 45.4 Å². The molecule has 2 atom stereocenters. The van der Waals surface area contributed by atoms with Gasteiger partial charge in [0.25, 0.3) is 0 Å². The normalized spacial score (nSPS) is 19.2. The second-order valence-electron chi connectivity index (χ2n) is 7.45. The van der Waals surface area contributed by atoms with Crippen LogP contribution in [0.5, 0.6) is 0 Å². The zero-order chi connectivity index (χ0) is 20.2. The second kappa shape index (κ2) is 8.55. The van der Waals surface area contributed by atoms with Gasteiger partial charge in [0.05, 0.1) is 6.20 Å². The number of hydrogen-bond acceptors (Lipinski definition) is 5. The molecule has 1 fully saturated rings. The third-order valence-corrected chi connectivity index (χ3v) is 5.35. The van der Waals surface area contributed by atoms with Gasteiger partial charge in [-0.1, -0.05) is 19.8 Å². The van der Waals surface area contributed by atoms with Crippen LogP contribution in [0.4, 0.5) is 10.2 Å². The molecular formula is C21H25FN6O. The van der Waals surface area contributed by atoms with E-state index in [1.54, 1.807) is 12.4 Å². The van der Waals surface area contributed by atoms with Crippen molar-refractivity contribution < 1.29 is 9.18 Å². The standard InChI is InChI=1S/C21H25FN6O/c1-2-6-18(29)26-16-8-3-4-9-17(16)27-21-15(22)12-25-20(28-21)14-11-24-19-13(14)7-5-10-23-19/h5,7,10-12,16-17H,2-4,6,8-9H2,1H3,(H,23,24)(H,26,29)(H,25,27,28)/t16-,17+/m0/s1. The largest absolute Gasteiger partial charge is 0.363 e. The maximum Gasteiger partial charge on any atom is 0.220 e. The number of hydrogen-bond donors (Lipinski definition) is 3. The van der Waals surface area contributed by atoms with Crippen molar-refractivity contribution in [3.05, 3.63) is 36.5 Å². The number of carbonyl (C=O) groups is 1. The van der Waals surface area contributed by atoms with Crippen LogP contribution in [-0.4, -0.2) is 37.9 Å². The lowest BCUT2D eigenvalue weighted by molar-refractivity contribution is -0.122. The molecule has 0 unspecified atom stereocenters. The van der Waals surface area contributed by atoms with E-state index in [2.05, 4.69) is 30.6 Å². The molecular weight excluding hydrogens is 371 g/mol. The zero-order valence-electron chi connectivity index (χ0n) is 16.4. The Labute approximate surface area is 168 Å². The first-order valence-corrected chi connectivity index (χ1v) is 10.2. The molecule has 3 aromatic rings. The highest BCUT2D eigenvalue weighted by Crippen LogP contribution is 2.28. The van der Waals surface area contributed by atoms with E-state index in [1.165, 1.54) is 6.20 Å². The molecule has 3 aromatic heterocycles. The van der Waals surface area contributed by atoms with Gasteiger partial charge in [-0.15, -0.1) is 0 Å². The van der Waals surface area contributed by atoms with Gasteiger partial charge in [-0.2, -0.15) is 0 Å². The van der Waals surface area contributed by atoms with Crippen LogP contribution in [0, 0.1) is 5.82 Å². The third kappa shape index (κ3) is 4.21. The monoisotopic (exact) mass is 396 g/mol.